The zero-order valence-corrected chi connectivity index (χ0v) is 15.6. The van der Waals surface area contributed by atoms with Gasteiger partial charge in [-0.2, -0.15) is 0 Å². The number of carbonyl (C=O) groups excluding carboxylic acids is 1. The van der Waals surface area contributed by atoms with Gasteiger partial charge < -0.3 is 9.47 Å². The lowest BCUT2D eigenvalue weighted by Gasteiger charge is -2.45. The van der Waals surface area contributed by atoms with Gasteiger partial charge in [0, 0.05) is 17.7 Å². The molecule has 2 aliphatic heterocycles. The number of fused-ring (bicyclic) bond motifs is 2. The Bertz CT molecular complexity index is 739. The molecule has 2 unspecified atom stereocenters. The maximum absolute atomic E-state index is 14.1. The maximum Gasteiger partial charge on any atom is 0.411 e. The van der Waals surface area contributed by atoms with Gasteiger partial charge in [-0.05, 0) is 58.1 Å². The first-order valence-corrected chi connectivity index (χ1v) is 8.95. The highest BCUT2D eigenvalue weighted by Crippen LogP contribution is 2.41. The van der Waals surface area contributed by atoms with Gasteiger partial charge in [0.2, 0.25) is 0 Å². The molecule has 2 bridgehead atoms. The van der Waals surface area contributed by atoms with Crippen LogP contribution in [-0.2, 0) is 4.74 Å². The molecule has 4 nitrogen and oxygen atoms in total. The van der Waals surface area contributed by atoms with Crippen molar-refractivity contribution >= 4 is 11.7 Å². The third kappa shape index (κ3) is 3.69. The first-order valence-electron chi connectivity index (χ1n) is 8.95. The highest BCUT2D eigenvalue weighted by atomic mass is 19.1. The predicted molar refractivity (Wildman–Crippen MR) is 95.0 cm³/mol. The summed E-state index contributed by atoms with van der Waals surface area (Å²) in [5.41, 5.74) is 0.671. The topological polar surface area (TPSA) is 38.8 Å². The summed E-state index contributed by atoms with van der Waals surface area (Å²) in [7, 11) is 1.37. The van der Waals surface area contributed by atoms with E-state index in [9.17, 15) is 13.6 Å². The van der Waals surface area contributed by atoms with E-state index >= 15 is 0 Å². The maximum atomic E-state index is 14.1. The molecule has 0 aliphatic carbocycles. The minimum absolute atomic E-state index is 0.0420. The smallest absolute Gasteiger partial charge is 0.411 e. The van der Waals surface area contributed by atoms with Gasteiger partial charge in [-0.25, -0.2) is 13.6 Å². The van der Waals surface area contributed by atoms with Crippen molar-refractivity contribution in [3.63, 3.8) is 0 Å². The molecule has 0 N–H and O–H groups in total. The second-order valence-corrected chi connectivity index (χ2v) is 7.90. The lowest BCUT2D eigenvalue weighted by Crippen LogP contribution is -2.53. The van der Waals surface area contributed by atoms with Gasteiger partial charge in [-0.3, -0.25) is 4.90 Å². The van der Waals surface area contributed by atoms with E-state index in [4.69, 9.17) is 9.47 Å². The molecule has 1 aromatic carbocycles. The zero-order chi connectivity index (χ0) is 19.1. The fourth-order valence-corrected chi connectivity index (χ4v) is 3.83. The minimum Gasteiger partial charge on any atom is -0.493 e. The summed E-state index contributed by atoms with van der Waals surface area (Å²) in [5.74, 6) is -1.32. The number of nitrogens with zero attached hydrogens (tertiary/aromatic N) is 1. The molecule has 1 saturated heterocycles. The normalized spacial score (nSPS) is 22.7. The second-order valence-electron chi connectivity index (χ2n) is 7.90. The third-order valence-corrected chi connectivity index (χ3v) is 4.80. The van der Waals surface area contributed by atoms with Crippen LogP contribution in [0.4, 0.5) is 13.6 Å². The molecule has 2 atom stereocenters. The van der Waals surface area contributed by atoms with Crippen LogP contribution in [0.2, 0.25) is 0 Å². The first-order chi connectivity index (χ1) is 12.2. The Morgan fingerprint density at radius 2 is 1.96 bits per heavy atom. The lowest BCUT2D eigenvalue weighted by atomic mass is 9.83. The predicted octanol–water partition coefficient (Wildman–Crippen LogP) is 4.92. The van der Waals surface area contributed by atoms with Gasteiger partial charge in [-0.15, -0.1) is 0 Å². The molecule has 0 spiro atoms. The van der Waals surface area contributed by atoms with Crippen LogP contribution in [0.3, 0.4) is 0 Å². The van der Waals surface area contributed by atoms with Crippen LogP contribution in [0.5, 0.6) is 5.75 Å². The van der Waals surface area contributed by atoms with Crippen LogP contribution in [0, 0.1) is 11.6 Å². The Labute approximate surface area is 152 Å². The number of ether oxygens (including phenoxy) is 2. The Morgan fingerprint density at radius 1 is 1.23 bits per heavy atom. The zero-order valence-electron chi connectivity index (χ0n) is 15.6. The number of hydrogen-bond acceptors (Lipinski definition) is 3. The molecule has 3 rings (SSSR count). The van der Waals surface area contributed by atoms with Crippen molar-refractivity contribution in [2.75, 3.05) is 7.11 Å². The van der Waals surface area contributed by atoms with Crippen LogP contribution >= 0.6 is 0 Å². The summed E-state index contributed by atoms with van der Waals surface area (Å²) in [6.45, 7) is 5.52. The van der Waals surface area contributed by atoms with Crippen LogP contribution in [0.15, 0.2) is 18.2 Å². The van der Waals surface area contributed by atoms with Gasteiger partial charge in [0.05, 0.1) is 13.2 Å². The number of methoxy groups -OCH3 is 1. The average Bonchev–Trinajstić information content (AvgIpc) is 2.51. The van der Waals surface area contributed by atoms with E-state index in [0.717, 1.165) is 30.9 Å². The molecule has 1 aromatic rings. The Balaban J connectivity index is 1.95. The van der Waals surface area contributed by atoms with Crippen molar-refractivity contribution in [3.8, 4) is 5.75 Å². The second kappa shape index (κ2) is 6.89. The number of rotatable bonds is 2. The number of carbonyl (C=O) groups is 1. The monoisotopic (exact) mass is 365 g/mol. The molecular weight excluding hydrogens is 340 g/mol. The molecule has 26 heavy (non-hydrogen) atoms. The van der Waals surface area contributed by atoms with E-state index in [2.05, 4.69) is 0 Å². The number of amides is 1. The quantitative estimate of drug-likeness (QED) is 0.747. The van der Waals surface area contributed by atoms with Crippen molar-refractivity contribution in [2.45, 2.75) is 64.1 Å². The largest absolute Gasteiger partial charge is 0.493 e. The Kier molecular flexibility index (Phi) is 4.95. The summed E-state index contributed by atoms with van der Waals surface area (Å²) >= 11 is 0. The molecule has 0 saturated carbocycles. The van der Waals surface area contributed by atoms with Gasteiger partial charge in [-0.1, -0.05) is 6.08 Å². The fourth-order valence-electron chi connectivity index (χ4n) is 3.83. The van der Waals surface area contributed by atoms with E-state index < -0.39 is 17.2 Å². The third-order valence-electron chi connectivity index (χ3n) is 4.80. The van der Waals surface area contributed by atoms with E-state index in [0.29, 0.717) is 12.0 Å². The highest BCUT2D eigenvalue weighted by molar-refractivity contribution is 5.77. The Hall–Kier alpha value is -2.11. The number of hydrogen-bond donors (Lipinski definition) is 0. The van der Waals surface area contributed by atoms with Crippen molar-refractivity contribution in [3.05, 3.63) is 35.4 Å². The molecule has 2 heterocycles. The van der Waals surface area contributed by atoms with Gasteiger partial charge in [0.1, 0.15) is 11.4 Å². The van der Waals surface area contributed by atoms with Crippen LogP contribution in [0.25, 0.3) is 5.57 Å². The van der Waals surface area contributed by atoms with Crippen molar-refractivity contribution in [2.24, 2.45) is 0 Å². The molecule has 142 valence electrons. The van der Waals surface area contributed by atoms with Crippen LogP contribution in [-0.4, -0.2) is 35.8 Å². The number of halogens is 2. The SMILES string of the molecule is COc1c(F)cc(F)cc1C1=CC2CCCC(C1)N2C(=O)OC(C)(C)C. The fraction of sp³-hybridized carbons (Fsp3) is 0.550. The summed E-state index contributed by atoms with van der Waals surface area (Å²) in [6, 6.07) is 1.94. The first kappa shape index (κ1) is 18.7. The van der Waals surface area contributed by atoms with Crippen LogP contribution < -0.4 is 4.74 Å². The van der Waals surface area contributed by atoms with Crippen molar-refractivity contribution in [1.82, 2.24) is 4.90 Å². The molecule has 1 fully saturated rings. The van der Waals surface area contributed by atoms with Crippen molar-refractivity contribution in [1.29, 1.82) is 0 Å². The molecule has 6 heteroatoms. The highest BCUT2D eigenvalue weighted by Gasteiger charge is 2.40. The van der Waals surface area contributed by atoms with Gasteiger partial charge in [0.25, 0.3) is 0 Å². The van der Waals surface area contributed by atoms with Crippen molar-refractivity contribution < 1.29 is 23.0 Å². The van der Waals surface area contributed by atoms with Gasteiger partial charge in [0.15, 0.2) is 11.6 Å². The van der Waals surface area contributed by atoms with E-state index in [1.165, 1.54) is 13.2 Å². The summed E-state index contributed by atoms with van der Waals surface area (Å²) in [6.07, 6.45) is 4.77. The van der Waals surface area contributed by atoms with Gasteiger partial charge >= 0.3 is 6.09 Å². The lowest BCUT2D eigenvalue weighted by molar-refractivity contribution is 0.0000737. The summed E-state index contributed by atoms with van der Waals surface area (Å²) < 4.78 is 38.6. The molecule has 0 radical (unpaired) electrons. The summed E-state index contributed by atoms with van der Waals surface area (Å²) in [4.78, 5) is 14.4. The van der Waals surface area contributed by atoms with E-state index in [1.807, 2.05) is 26.8 Å². The molecule has 0 aromatic heterocycles. The van der Waals surface area contributed by atoms with E-state index in [-0.39, 0.29) is 23.9 Å². The molecule has 2 aliphatic rings. The van der Waals surface area contributed by atoms with E-state index in [1.54, 1.807) is 4.90 Å². The summed E-state index contributed by atoms with van der Waals surface area (Å²) in [5, 5.41) is 0. The minimum atomic E-state index is -0.719. The Morgan fingerprint density at radius 3 is 2.58 bits per heavy atom. The standard InChI is InChI=1S/C20H25F2NO3/c1-20(2,3)26-19(24)23-14-6-5-7-15(23)9-12(8-14)16-10-13(21)11-17(22)18(16)25-4/h8,10-11,14-15H,5-7,9H2,1-4H3. The number of piperidine rings is 1. The average molecular weight is 365 g/mol. The van der Waals surface area contributed by atoms with Crippen LogP contribution in [0.1, 0.15) is 52.0 Å². The molecule has 1 amide bonds. The number of benzene rings is 1. The molecular formula is C20H25F2NO3.